The van der Waals surface area contributed by atoms with E-state index >= 15 is 0 Å². The topological polar surface area (TPSA) is 57.6 Å². The molecule has 0 fully saturated rings. The van der Waals surface area contributed by atoms with Crippen molar-refractivity contribution in [2.24, 2.45) is 5.92 Å². The van der Waals surface area contributed by atoms with Crippen LogP contribution in [0.25, 0.3) is 0 Å². The quantitative estimate of drug-likeness (QED) is 0.750. The minimum atomic E-state index is -1.00. The fourth-order valence-electron chi connectivity index (χ4n) is 1.80. The van der Waals surface area contributed by atoms with Crippen LogP contribution in [0.1, 0.15) is 20.3 Å². The van der Waals surface area contributed by atoms with E-state index in [1.807, 2.05) is 13.8 Å². The fraction of sp³-hybridized carbons (Fsp3) is 0.467. The van der Waals surface area contributed by atoms with Crippen molar-refractivity contribution in [1.82, 2.24) is 4.90 Å². The van der Waals surface area contributed by atoms with E-state index in [0.29, 0.717) is 12.3 Å². The first-order chi connectivity index (χ1) is 9.88. The molecule has 0 atom stereocenters. The molecule has 0 heterocycles. The van der Waals surface area contributed by atoms with Crippen LogP contribution in [0, 0.1) is 11.7 Å². The van der Waals surface area contributed by atoms with Crippen LogP contribution in [-0.4, -0.2) is 40.7 Å². The fourth-order valence-corrected chi connectivity index (χ4v) is 2.64. The molecule has 0 unspecified atom stereocenters. The van der Waals surface area contributed by atoms with Gasteiger partial charge >= 0.3 is 5.97 Å². The minimum absolute atomic E-state index is 0.166. The zero-order valence-electron chi connectivity index (χ0n) is 12.2. The highest BCUT2D eigenvalue weighted by Crippen LogP contribution is 2.19. The van der Waals surface area contributed by atoms with Crippen LogP contribution in [0.4, 0.5) is 4.39 Å². The van der Waals surface area contributed by atoms with Gasteiger partial charge in [-0.25, -0.2) is 4.39 Å². The molecule has 0 bridgehead atoms. The monoisotopic (exact) mass is 313 g/mol. The summed E-state index contributed by atoms with van der Waals surface area (Å²) >= 11 is 1.45. The average Bonchev–Trinajstić information content (AvgIpc) is 2.39. The zero-order valence-corrected chi connectivity index (χ0v) is 13.0. The number of benzene rings is 1. The lowest BCUT2D eigenvalue weighted by atomic mass is 10.2. The van der Waals surface area contributed by atoms with Gasteiger partial charge in [0.05, 0.1) is 0 Å². The van der Waals surface area contributed by atoms with Crippen LogP contribution in [0.2, 0.25) is 0 Å². The molecule has 1 aromatic rings. The third-order valence-corrected chi connectivity index (χ3v) is 3.68. The average molecular weight is 313 g/mol. The number of carbonyl (C=O) groups excluding carboxylic acids is 1. The van der Waals surface area contributed by atoms with Crippen LogP contribution in [0.5, 0.6) is 0 Å². The first-order valence-electron chi connectivity index (χ1n) is 6.76. The van der Waals surface area contributed by atoms with Gasteiger partial charge in [-0.2, -0.15) is 0 Å². The Hall–Kier alpha value is -1.56. The molecule has 4 nitrogen and oxygen atoms in total. The Balaban J connectivity index is 2.45. The van der Waals surface area contributed by atoms with Crippen LogP contribution >= 0.6 is 11.8 Å². The van der Waals surface area contributed by atoms with Gasteiger partial charge in [0.15, 0.2) is 0 Å². The van der Waals surface area contributed by atoms with Gasteiger partial charge < -0.3 is 10.0 Å². The molecule has 6 heteroatoms. The highest BCUT2D eigenvalue weighted by molar-refractivity contribution is 7.99. The molecule has 0 saturated heterocycles. The SMILES string of the molecule is CC(C)CN(CC(=O)O)C(=O)CCSc1ccc(F)cc1. The normalized spacial score (nSPS) is 10.7. The zero-order chi connectivity index (χ0) is 15.8. The van der Waals surface area contributed by atoms with Crippen molar-refractivity contribution >= 4 is 23.6 Å². The van der Waals surface area contributed by atoms with E-state index in [-0.39, 0.29) is 30.6 Å². The first kappa shape index (κ1) is 17.5. The minimum Gasteiger partial charge on any atom is -0.480 e. The lowest BCUT2D eigenvalue weighted by molar-refractivity contribution is -0.144. The third kappa shape index (κ3) is 7.13. The number of nitrogens with zero attached hydrogens (tertiary/aromatic N) is 1. The van der Waals surface area contributed by atoms with Crippen molar-refractivity contribution in [2.75, 3.05) is 18.8 Å². The Morgan fingerprint density at radius 3 is 2.43 bits per heavy atom. The lowest BCUT2D eigenvalue weighted by Crippen LogP contribution is -2.38. The van der Waals surface area contributed by atoms with Crippen molar-refractivity contribution in [3.63, 3.8) is 0 Å². The molecule has 1 N–H and O–H groups in total. The molecule has 1 amide bonds. The summed E-state index contributed by atoms with van der Waals surface area (Å²) in [5.41, 5.74) is 0. The van der Waals surface area contributed by atoms with Crippen LogP contribution in [0.15, 0.2) is 29.2 Å². The number of hydrogen-bond acceptors (Lipinski definition) is 3. The first-order valence-corrected chi connectivity index (χ1v) is 7.75. The summed E-state index contributed by atoms with van der Waals surface area (Å²) in [6, 6.07) is 6.07. The van der Waals surface area contributed by atoms with Crippen LogP contribution < -0.4 is 0 Å². The van der Waals surface area contributed by atoms with Gasteiger partial charge in [0.2, 0.25) is 5.91 Å². The van der Waals surface area contributed by atoms with Gasteiger partial charge in [0.25, 0.3) is 0 Å². The Morgan fingerprint density at radius 2 is 1.90 bits per heavy atom. The summed E-state index contributed by atoms with van der Waals surface area (Å²) in [7, 11) is 0. The van der Waals surface area contributed by atoms with Crippen LogP contribution in [0.3, 0.4) is 0 Å². The maximum atomic E-state index is 12.8. The summed E-state index contributed by atoms with van der Waals surface area (Å²) in [6.07, 6.45) is 0.266. The van der Waals surface area contributed by atoms with Crippen molar-refractivity contribution in [1.29, 1.82) is 0 Å². The number of carboxylic acid groups (broad SMARTS) is 1. The molecule has 0 aliphatic carbocycles. The molecule has 0 spiro atoms. The van der Waals surface area contributed by atoms with E-state index in [4.69, 9.17) is 5.11 Å². The predicted molar refractivity (Wildman–Crippen MR) is 80.8 cm³/mol. The highest BCUT2D eigenvalue weighted by Gasteiger charge is 2.17. The Labute approximate surface area is 128 Å². The van der Waals surface area contributed by atoms with Gasteiger partial charge in [-0.1, -0.05) is 13.8 Å². The summed E-state index contributed by atoms with van der Waals surface area (Å²) in [5, 5.41) is 8.84. The summed E-state index contributed by atoms with van der Waals surface area (Å²) < 4.78 is 12.8. The summed E-state index contributed by atoms with van der Waals surface area (Å²) in [6.45, 7) is 4.05. The maximum absolute atomic E-state index is 12.8. The molecule has 0 aliphatic heterocycles. The molecule has 0 aliphatic rings. The van der Waals surface area contributed by atoms with E-state index in [1.165, 1.54) is 28.8 Å². The summed E-state index contributed by atoms with van der Waals surface area (Å²) in [4.78, 5) is 25.1. The van der Waals surface area contributed by atoms with E-state index in [1.54, 1.807) is 12.1 Å². The number of thioether (sulfide) groups is 1. The summed E-state index contributed by atoms with van der Waals surface area (Å²) in [5.74, 6) is -0.701. The second kappa shape index (κ2) is 8.67. The largest absolute Gasteiger partial charge is 0.480 e. The van der Waals surface area contributed by atoms with Gasteiger partial charge in [-0.3, -0.25) is 9.59 Å². The second-order valence-corrected chi connectivity index (χ2v) is 6.28. The smallest absolute Gasteiger partial charge is 0.323 e. The Bertz CT molecular complexity index is 476. The van der Waals surface area contributed by atoms with Crippen molar-refractivity contribution in [3.8, 4) is 0 Å². The molecule has 0 radical (unpaired) electrons. The van der Waals surface area contributed by atoms with Crippen molar-refractivity contribution < 1.29 is 19.1 Å². The van der Waals surface area contributed by atoms with E-state index < -0.39 is 5.97 Å². The molecule has 1 rings (SSSR count). The molecular formula is C15H20FNO3S. The second-order valence-electron chi connectivity index (χ2n) is 5.11. The molecule has 0 saturated carbocycles. The van der Waals surface area contributed by atoms with Gasteiger partial charge in [-0.05, 0) is 30.2 Å². The third-order valence-electron chi connectivity index (χ3n) is 2.66. The highest BCUT2D eigenvalue weighted by atomic mass is 32.2. The molecular weight excluding hydrogens is 293 g/mol. The predicted octanol–water partition coefficient (Wildman–Crippen LogP) is 2.88. The number of rotatable bonds is 8. The number of carboxylic acids is 1. The van der Waals surface area contributed by atoms with E-state index in [9.17, 15) is 14.0 Å². The number of aliphatic carboxylic acids is 1. The number of carbonyl (C=O) groups is 2. The van der Waals surface area contributed by atoms with E-state index in [2.05, 4.69) is 0 Å². The Kier molecular flexibility index (Phi) is 7.22. The number of amides is 1. The molecule has 21 heavy (non-hydrogen) atoms. The van der Waals surface area contributed by atoms with Crippen LogP contribution in [-0.2, 0) is 9.59 Å². The molecule has 0 aromatic heterocycles. The number of halogens is 1. The molecule has 1 aromatic carbocycles. The van der Waals surface area contributed by atoms with Gasteiger partial charge in [0.1, 0.15) is 12.4 Å². The van der Waals surface area contributed by atoms with E-state index in [0.717, 1.165) is 4.90 Å². The Morgan fingerprint density at radius 1 is 1.29 bits per heavy atom. The van der Waals surface area contributed by atoms with Crippen molar-refractivity contribution in [2.45, 2.75) is 25.2 Å². The molecule has 116 valence electrons. The van der Waals surface area contributed by atoms with Crippen molar-refractivity contribution in [3.05, 3.63) is 30.1 Å². The number of hydrogen-bond donors (Lipinski definition) is 1. The maximum Gasteiger partial charge on any atom is 0.323 e. The van der Waals surface area contributed by atoms with Gasteiger partial charge in [0, 0.05) is 23.6 Å². The van der Waals surface area contributed by atoms with Gasteiger partial charge in [-0.15, -0.1) is 11.8 Å². The lowest BCUT2D eigenvalue weighted by Gasteiger charge is -2.22. The standard InChI is InChI=1S/C15H20FNO3S/c1-11(2)9-17(10-15(19)20)14(18)7-8-21-13-5-3-12(16)4-6-13/h3-6,11H,7-10H2,1-2H3,(H,19,20).